The summed E-state index contributed by atoms with van der Waals surface area (Å²) < 4.78 is 2.20. The van der Waals surface area contributed by atoms with Crippen molar-refractivity contribution in [2.75, 3.05) is 5.23 Å². The summed E-state index contributed by atoms with van der Waals surface area (Å²) in [7, 11) is 0. The van der Waals surface area contributed by atoms with Gasteiger partial charge < -0.3 is 20.4 Å². The van der Waals surface area contributed by atoms with Crippen molar-refractivity contribution in [2.24, 2.45) is 0 Å². The molecule has 0 atom stereocenters. The Morgan fingerprint density at radius 2 is 2.00 bits per heavy atom. The Kier molecular flexibility index (Phi) is 4.53. The summed E-state index contributed by atoms with van der Waals surface area (Å²) in [5.41, 5.74) is 0.390. The van der Waals surface area contributed by atoms with Crippen molar-refractivity contribution in [3.63, 3.8) is 0 Å². The van der Waals surface area contributed by atoms with Gasteiger partial charge in [0.1, 0.15) is 0 Å². The molecule has 0 unspecified atom stereocenters. The highest BCUT2D eigenvalue weighted by Gasteiger charge is 2.09. The molecule has 1 aromatic carbocycles. The second-order valence-corrected chi connectivity index (χ2v) is 5.28. The second kappa shape index (κ2) is 6.16. The van der Waals surface area contributed by atoms with Gasteiger partial charge in [0.05, 0.1) is 17.6 Å². The van der Waals surface area contributed by atoms with Crippen molar-refractivity contribution >= 4 is 34.1 Å². The predicted molar refractivity (Wildman–Crippen MR) is 81.4 cm³/mol. The molecule has 20 heavy (non-hydrogen) atoms. The highest BCUT2D eigenvalue weighted by atomic mass is 127. The maximum Gasteiger partial charge on any atom is 0.182 e. The van der Waals surface area contributed by atoms with Crippen LogP contribution in [-0.4, -0.2) is 15.6 Å². The number of ketones is 1. The number of pyridine rings is 1. The number of benzene rings is 1. The number of hydrogen-bond acceptors (Lipinski definition) is 5. The van der Waals surface area contributed by atoms with E-state index in [2.05, 4.69) is 0 Å². The van der Waals surface area contributed by atoms with Crippen LogP contribution in [0.15, 0.2) is 42.7 Å². The molecule has 7 heteroatoms. The smallest absolute Gasteiger partial charge is 0.182 e. The summed E-state index contributed by atoms with van der Waals surface area (Å²) in [6, 6.07) is 7.73. The van der Waals surface area contributed by atoms with E-state index < -0.39 is 0 Å². The van der Waals surface area contributed by atoms with Gasteiger partial charge >= 0.3 is 0 Å². The van der Waals surface area contributed by atoms with Gasteiger partial charge in [-0.05, 0) is 46.9 Å². The summed E-state index contributed by atoms with van der Waals surface area (Å²) in [6.07, 6.45) is 3.28. The van der Waals surface area contributed by atoms with Crippen LogP contribution in [0.2, 0.25) is 0 Å². The van der Waals surface area contributed by atoms with Gasteiger partial charge in [0, 0.05) is 21.5 Å². The van der Waals surface area contributed by atoms with Gasteiger partial charge in [-0.15, -0.1) is 0 Å². The Hall–Kier alpha value is -1.71. The van der Waals surface area contributed by atoms with Crippen molar-refractivity contribution in [1.29, 1.82) is 5.41 Å². The fourth-order valence-electron chi connectivity index (χ4n) is 1.65. The Bertz CT molecular complexity index is 677. The van der Waals surface area contributed by atoms with Gasteiger partial charge in [0.25, 0.3) is 0 Å². The van der Waals surface area contributed by atoms with E-state index in [0.717, 1.165) is 0 Å². The predicted octanol–water partition coefficient (Wildman–Crippen LogP) is 2.15. The van der Waals surface area contributed by atoms with E-state index in [0.29, 0.717) is 14.5 Å². The summed E-state index contributed by atoms with van der Waals surface area (Å²) in [5.74, 6) is -0.188. The monoisotopic (exact) mass is 384 g/mol. The van der Waals surface area contributed by atoms with Gasteiger partial charge in [0.15, 0.2) is 5.78 Å². The fraction of sp³-hybridized carbons (Fsp3) is 0.0769. The zero-order chi connectivity index (χ0) is 14.7. The molecule has 104 valence electrons. The number of Topliss-reactive ketones (excluding diaryl/α,β-unsaturated/α-hetero) is 1. The van der Waals surface area contributed by atoms with Crippen molar-refractivity contribution in [3.8, 4) is 0 Å². The van der Waals surface area contributed by atoms with Gasteiger partial charge in [-0.2, -0.15) is 0 Å². The van der Waals surface area contributed by atoms with E-state index in [-0.39, 0.29) is 23.2 Å². The van der Waals surface area contributed by atoms with Gasteiger partial charge in [0.2, 0.25) is 0 Å². The molecule has 6 nitrogen and oxygen atoms in total. The van der Waals surface area contributed by atoms with Crippen LogP contribution in [0.3, 0.4) is 0 Å². The van der Waals surface area contributed by atoms with Crippen LogP contribution in [0, 0.1) is 14.2 Å². The van der Waals surface area contributed by atoms with Crippen LogP contribution >= 0.6 is 22.6 Å². The first-order chi connectivity index (χ1) is 9.47. The SMILES string of the molecule is N=c1ccn(CC(=O)c2ccc(I)c(N([O-])O)c2)cc1. The van der Waals surface area contributed by atoms with Gasteiger partial charge in [-0.3, -0.25) is 10.0 Å². The normalized spacial score (nSPS) is 10.3. The molecule has 0 amide bonds. The molecular formula is C13H11IN3O3-. The van der Waals surface area contributed by atoms with Crippen LogP contribution in [0.1, 0.15) is 10.4 Å². The maximum absolute atomic E-state index is 12.1. The standard InChI is InChI=1S/C13H11IN3O3/c14-11-2-1-9(7-12(11)17(19)20)13(18)8-16-5-3-10(15)4-6-16/h1-7,15,19H,8H2/q-1. The minimum absolute atomic E-state index is 0.0444. The van der Waals surface area contributed by atoms with Crippen LogP contribution in [0.4, 0.5) is 5.69 Å². The molecule has 2 rings (SSSR count). The van der Waals surface area contributed by atoms with Crippen LogP contribution < -0.4 is 10.6 Å². The second-order valence-electron chi connectivity index (χ2n) is 4.12. The number of nitrogens with zero attached hydrogens (tertiary/aromatic N) is 2. The summed E-state index contributed by atoms with van der Waals surface area (Å²) >= 11 is 1.90. The molecule has 0 radical (unpaired) electrons. The number of rotatable bonds is 4. The van der Waals surface area contributed by atoms with Gasteiger partial charge in [-0.25, -0.2) is 0 Å². The molecule has 0 aliphatic heterocycles. The molecular weight excluding hydrogens is 373 g/mol. The molecule has 1 heterocycles. The third-order valence-corrected chi connectivity index (χ3v) is 3.60. The zero-order valence-electron chi connectivity index (χ0n) is 10.3. The topological polar surface area (TPSA) is 92.4 Å². The first-order valence-electron chi connectivity index (χ1n) is 5.67. The lowest BCUT2D eigenvalue weighted by Crippen LogP contribution is -2.14. The third kappa shape index (κ3) is 3.44. The van der Waals surface area contributed by atoms with Crippen LogP contribution in [0.5, 0.6) is 0 Å². The number of carbonyl (C=O) groups is 1. The first kappa shape index (κ1) is 14.7. The van der Waals surface area contributed by atoms with Crippen molar-refractivity contribution in [1.82, 2.24) is 4.57 Å². The highest BCUT2D eigenvalue weighted by molar-refractivity contribution is 14.1. The lowest BCUT2D eigenvalue weighted by molar-refractivity contribution is 0.0972. The van der Waals surface area contributed by atoms with E-state index in [1.807, 2.05) is 22.6 Å². The quantitative estimate of drug-likeness (QED) is 0.480. The Morgan fingerprint density at radius 1 is 1.35 bits per heavy atom. The third-order valence-electron chi connectivity index (χ3n) is 2.69. The Labute approximate surface area is 128 Å². The van der Waals surface area contributed by atoms with Gasteiger partial charge in [-0.1, -0.05) is 6.07 Å². The van der Waals surface area contributed by atoms with E-state index in [1.54, 1.807) is 41.2 Å². The van der Waals surface area contributed by atoms with Crippen LogP contribution in [0.25, 0.3) is 0 Å². The number of hydrogen-bond donors (Lipinski definition) is 2. The van der Waals surface area contributed by atoms with E-state index >= 15 is 0 Å². The van der Waals surface area contributed by atoms with Crippen molar-refractivity contribution < 1.29 is 10.0 Å². The molecule has 0 saturated heterocycles. The molecule has 0 fully saturated rings. The number of halogens is 1. The Morgan fingerprint density at radius 3 is 2.60 bits per heavy atom. The fourth-order valence-corrected chi connectivity index (χ4v) is 2.19. The first-order valence-corrected chi connectivity index (χ1v) is 6.75. The molecule has 0 spiro atoms. The number of anilines is 1. The Balaban J connectivity index is 2.23. The minimum atomic E-state index is -0.249. The lowest BCUT2D eigenvalue weighted by atomic mass is 10.1. The molecule has 0 aliphatic carbocycles. The number of nitrogens with one attached hydrogen (secondary N) is 1. The highest BCUT2D eigenvalue weighted by Crippen LogP contribution is 2.22. The average Bonchev–Trinajstić information content (AvgIpc) is 2.41. The lowest BCUT2D eigenvalue weighted by Gasteiger charge is -2.23. The van der Waals surface area contributed by atoms with E-state index in [1.165, 1.54) is 6.07 Å². The summed E-state index contributed by atoms with van der Waals surface area (Å²) in [5, 5.41) is 27.4. The molecule has 0 bridgehead atoms. The van der Waals surface area contributed by atoms with E-state index in [4.69, 9.17) is 10.6 Å². The summed E-state index contributed by atoms with van der Waals surface area (Å²) in [4.78, 5) is 12.1. The maximum atomic E-state index is 12.1. The molecule has 1 aromatic heterocycles. The molecule has 0 saturated carbocycles. The van der Waals surface area contributed by atoms with Crippen molar-refractivity contribution in [2.45, 2.75) is 6.54 Å². The molecule has 2 aromatic rings. The molecule has 2 N–H and O–H groups in total. The average molecular weight is 384 g/mol. The summed E-state index contributed by atoms with van der Waals surface area (Å²) in [6.45, 7) is 0.102. The largest absolute Gasteiger partial charge is 0.733 e. The van der Waals surface area contributed by atoms with E-state index in [9.17, 15) is 10.0 Å². The minimum Gasteiger partial charge on any atom is -0.733 e. The number of aromatic nitrogens is 1. The molecule has 0 aliphatic rings. The van der Waals surface area contributed by atoms with Crippen LogP contribution in [-0.2, 0) is 6.54 Å². The van der Waals surface area contributed by atoms with Crippen molar-refractivity contribution in [3.05, 3.63) is 62.4 Å². The number of carbonyl (C=O) groups excluding carboxylic acids is 1. The zero-order valence-corrected chi connectivity index (χ0v) is 12.4.